The van der Waals surface area contributed by atoms with Gasteiger partial charge in [-0.1, -0.05) is 158 Å². The second-order valence-corrected chi connectivity index (χ2v) is 14.0. The molecule has 0 aliphatic rings. The molecule has 0 aliphatic carbocycles. The molecule has 246 valence electrons. The van der Waals surface area contributed by atoms with E-state index in [9.17, 15) is 0 Å². The van der Waals surface area contributed by atoms with Crippen LogP contribution in [-0.2, 0) is 0 Å². The Morgan fingerprint density at radius 3 is 1.53 bits per heavy atom. The van der Waals surface area contributed by atoms with E-state index >= 15 is 0 Å². The summed E-state index contributed by atoms with van der Waals surface area (Å²) in [6, 6.07) is 70.7. The summed E-state index contributed by atoms with van der Waals surface area (Å²) in [5, 5.41) is 12.2. The quantitative estimate of drug-likeness (QED) is 0.170. The number of benzene rings is 10. The van der Waals surface area contributed by atoms with Crippen molar-refractivity contribution in [3.8, 4) is 44.5 Å². The third-order valence-corrected chi connectivity index (χ3v) is 11.0. The van der Waals surface area contributed by atoms with Gasteiger partial charge in [-0.3, -0.25) is 0 Å². The second kappa shape index (κ2) is 11.8. The van der Waals surface area contributed by atoms with Gasteiger partial charge in [0.1, 0.15) is 11.2 Å². The molecule has 11 aromatic rings. The predicted octanol–water partition coefficient (Wildman–Crippen LogP) is 14.9. The molecule has 0 amide bonds. The molecule has 1 nitrogen and oxygen atoms in total. The lowest BCUT2D eigenvalue weighted by Gasteiger charge is -2.19. The van der Waals surface area contributed by atoms with E-state index in [0.717, 1.165) is 27.5 Å². The third-order valence-electron chi connectivity index (χ3n) is 11.0. The number of para-hydroxylation sites is 1. The van der Waals surface area contributed by atoms with Gasteiger partial charge < -0.3 is 4.42 Å². The molecule has 0 aliphatic heterocycles. The minimum absolute atomic E-state index is 0.909. The van der Waals surface area contributed by atoms with Crippen LogP contribution >= 0.6 is 0 Å². The molecule has 1 heteroatoms. The van der Waals surface area contributed by atoms with Crippen molar-refractivity contribution < 1.29 is 4.42 Å². The lowest BCUT2D eigenvalue weighted by molar-refractivity contribution is 0.669. The Kier molecular flexibility index (Phi) is 6.62. The van der Waals surface area contributed by atoms with E-state index < -0.39 is 0 Å². The van der Waals surface area contributed by atoms with Gasteiger partial charge in [-0.15, -0.1) is 0 Å². The first-order chi connectivity index (χ1) is 26.3. The summed E-state index contributed by atoms with van der Waals surface area (Å²) in [6.07, 6.45) is 0. The molecule has 0 saturated heterocycles. The van der Waals surface area contributed by atoms with Crippen LogP contribution in [0.4, 0.5) is 0 Å². The summed E-state index contributed by atoms with van der Waals surface area (Å²) in [5.41, 5.74) is 11.6. The molecule has 0 atom stereocenters. The standard InChI is InChI=1S/C52H32O/c1-2-12-35-29-38(25-23-33(35)11-1)36-14-9-15-37(30-36)39-26-24-34-13-10-21-47(48(34)31-39)52-45-19-5-3-17-43(45)51(44-18-4-6-20-46(44)52)40-27-28-42-41-16-7-8-22-49(41)53-50(42)32-40/h1-32H. The monoisotopic (exact) mass is 672 g/mol. The molecule has 0 spiro atoms. The van der Waals surface area contributed by atoms with Crippen molar-refractivity contribution in [1.29, 1.82) is 0 Å². The number of furan rings is 1. The maximum absolute atomic E-state index is 6.38. The molecule has 0 fully saturated rings. The van der Waals surface area contributed by atoms with E-state index in [4.69, 9.17) is 4.42 Å². The van der Waals surface area contributed by atoms with Gasteiger partial charge in [-0.05, 0) is 124 Å². The van der Waals surface area contributed by atoms with E-state index in [0.29, 0.717) is 0 Å². The number of hydrogen-bond acceptors (Lipinski definition) is 1. The molecule has 10 aromatic carbocycles. The van der Waals surface area contributed by atoms with Crippen molar-refractivity contribution in [2.45, 2.75) is 0 Å². The minimum atomic E-state index is 0.909. The Hall–Kier alpha value is -6.96. The molecule has 1 heterocycles. The lowest BCUT2D eigenvalue weighted by atomic mass is 9.84. The number of fused-ring (bicyclic) bond motifs is 7. The number of rotatable bonds is 4. The minimum Gasteiger partial charge on any atom is -0.456 e. The van der Waals surface area contributed by atoms with E-state index in [2.05, 4.69) is 182 Å². The van der Waals surface area contributed by atoms with Crippen molar-refractivity contribution in [3.05, 3.63) is 194 Å². The van der Waals surface area contributed by atoms with Crippen LogP contribution in [0.1, 0.15) is 0 Å². The highest BCUT2D eigenvalue weighted by Gasteiger charge is 2.19. The molecule has 0 unspecified atom stereocenters. The molecule has 11 rings (SSSR count). The van der Waals surface area contributed by atoms with Gasteiger partial charge >= 0.3 is 0 Å². The van der Waals surface area contributed by atoms with Gasteiger partial charge in [0.05, 0.1) is 0 Å². The molecular weight excluding hydrogens is 641 g/mol. The highest BCUT2D eigenvalue weighted by Crippen LogP contribution is 2.46. The highest BCUT2D eigenvalue weighted by molar-refractivity contribution is 6.24. The third kappa shape index (κ3) is 4.79. The summed E-state index contributed by atoms with van der Waals surface area (Å²) in [5.74, 6) is 0. The van der Waals surface area contributed by atoms with Gasteiger partial charge in [0, 0.05) is 10.8 Å². The van der Waals surface area contributed by atoms with Crippen LogP contribution in [-0.4, -0.2) is 0 Å². The summed E-state index contributed by atoms with van der Waals surface area (Å²) in [4.78, 5) is 0. The fraction of sp³-hybridized carbons (Fsp3) is 0. The summed E-state index contributed by atoms with van der Waals surface area (Å²) < 4.78 is 6.38. The zero-order chi connectivity index (χ0) is 34.9. The average molecular weight is 673 g/mol. The fourth-order valence-corrected chi connectivity index (χ4v) is 8.53. The Morgan fingerprint density at radius 2 is 0.774 bits per heavy atom. The first kappa shape index (κ1) is 29.7. The topological polar surface area (TPSA) is 13.1 Å². The Morgan fingerprint density at radius 1 is 0.245 bits per heavy atom. The lowest BCUT2D eigenvalue weighted by Crippen LogP contribution is -1.92. The maximum atomic E-state index is 6.38. The zero-order valence-electron chi connectivity index (χ0n) is 28.9. The van der Waals surface area contributed by atoms with Crippen LogP contribution in [0.3, 0.4) is 0 Å². The van der Waals surface area contributed by atoms with E-state index in [1.54, 1.807) is 0 Å². The van der Waals surface area contributed by atoms with Crippen molar-refractivity contribution in [2.24, 2.45) is 0 Å². The molecular formula is C52H32O. The van der Waals surface area contributed by atoms with Crippen LogP contribution in [0.15, 0.2) is 199 Å². The highest BCUT2D eigenvalue weighted by atomic mass is 16.3. The normalized spacial score (nSPS) is 11.8. The van der Waals surface area contributed by atoms with E-state index in [1.165, 1.54) is 82.0 Å². The fourth-order valence-electron chi connectivity index (χ4n) is 8.53. The number of hydrogen-bond donors (Lipinski definition) is 0. The van der Waals surface area contributed by atoms with Gasteiger partial charge in [0.15, 0.2) is 0 Å². The molecule has 1 aromatic heterocycles. The molecule has 0 bridgehead atoms. The van der Waals surface area contributed by atoms with Crippen LogP contribution in [0, 0.1) is 0 Å². The zero-order valence-corrected chi connectivity index (χ0v) is 28.9. The average Bonchev–Trinajstić information content (AvgIpc) is 3.60. The van der Waals surface area contributed by atoms with Crippen molar-refractivity contribution in [1.82, 2.24) is 0 Å². The first-order valence-corrected chi connectivity index (χ1v) is 18.2. The predicted molar refractivity (Wildman–Crippen MR) is 225 cm³/mol. The van der Waals surface area contributed by atoms with Crippen molar-refractivity contribution >= 4 is 65.0 Å². The smallest absolute Gasteiger partial charge is 0.136 e. The van der Waals surface area contributed by atoms with Crippen LogP contribution in [0.2, 0.25) is 0 Å². The molecule has 0 N–H and O–H groups in total. The van der Waals surface area contributed by atoms with Crippen molar-refractivity contribution in [2.75, 3.05) is 0 Å². The summed E-state index contributed by atoms with van der Waals surface area (Å²) >= 11 is 0. The van der Waals surface area contributed by atoms with Crippen LogP contribution < -0.4 is 0 Å². The SMILES string of the molecule is c1cc(-c2ccc3ccccc3c2)cc(-c2ccc3cccc(-c4c5ccccc5c(-c5ccc6c(c5)oc5ccccc56)c5ccccc45)c3c2)c1. The van der Waals surface area contributed by atoms with E-state index in [1.807, 2.05) is 12.1 Å². The van der Waals surface area contributed by atoms with Crippen LogP contribution in [0.5, 0.6) is 0 Å². The molecule has 0 saturated carbocycles. The van der Waals surface area contributed by atoms with Gasteiger partial charge in [-0.2, -0.15) is 0 Å². The van der Waals surface area contributed by atoms with Crippen LogP contribution in [0.25, 0.3) is 110 Å². The largest absolute Gasteiger partial charge is 0.456 e. The van der Waals surface area contributed by atoms with E-state index in [-0.39, 0.29) is 0 Å². The van der Waals surface area contributed by atoms with Gasteiger partial charge in [0.2, 0.25) is 0 Å². The Bertz CT molecular complexity index is 3180. The van der Waals surface area contributed by atoms with Gasteiger partial charge in [0.25, 0.3) is 0 Å². The van der Waals surface area contributed by atoms with Crippen molar-refractivity contribution in [3.63, 3.8) is 0 Å². The first-order valence-electron chi connectivity index (χ1n) is 18.2. The summed E-state index contributed by atoms with van der Waals surface area (Å²) in [7, 11) is 0. The molecule has 0 radical (unpaired) electrons. The second-order valence-electron chi connectivity index (χ2n) is 14.0. The maximum Gasteiger partial charge on any atom is 0.136 e. The van der Waals surface area contributed by atoms with Gasteiger partial charge in [-0.25, -0.2) is 0 Å². The Balaban J connectivity index is 1.11. The Labute approximate surface area is 307 Å². The molecule has 53 heavy (non-hydrogen) atoms. The summed E-state index contributed by atoms with van der Waals surface area (Å²) in [6.45, 7) is 0.